The SMILES string of the molecule is CN1C=CN(c2cccc(N3C=CN(C)C3)n2)C1.[Cl][Au].[Cl][Au]. The van der Waals surface area contributed by atoms with E-state index in [0.717, 1.165) is 25.0 Å². The van der Waals surface area contributed by atoms with Gasteiger partial charge in [-0.3, -0.25) is 0 Å². The summed E-state index contributed by atoms with van der Waals surface area (Å²) < 4.78 is 0. The fraction of sp³-hybridized carbons (Fsp3) is 0.308. The van der Waals surface area contributed by atoms with Gasteiger partial charge in [-0.1, -0.05) is 6.07 Å². The summed E-state index contributed by atoms with van der Waals surface area (Å²) >= 11 is 3.50. The predicted octanol–water partition coefficient (Wildman–Crippen LogP) is 2.82. The normalized spacial score (nSPS) is 15.6. The van der Waals surface area contributed by atoms with Crippen LogP contribution in [0.2, 0.25) is 0 Å². The molecule has 0 aliphatic carbocycles. The van der Waals surface area contributed by atoms with Gasteiger partial charge in [0.2, 0.25) is 0 Å². The summed E-state index contributed by atoms with van der Waals surface area (Å²) in [6, 6.07) is 6.13. The molecule has 0 N–H and O–H groups in total. The average molecular weight is 708 g/mol. The molecule has 1 aromatic heterocycles. The van der Waals surface area contributed by atoms with Crippen molar-refractivity contribution >= 4 is 30.0 Å². The number of halogens is 2. The first-order valence-corrected chi connectivity index (χ1v) is 11.6. The third-order valence-electron chi connectivity index (χ3n) is 3.06. The summed E-state index contributed by atoms with van der Waals surface area (Å²) in [5, 5.41) is 0. The van der Waals surface area contributed by atoms with Crippen LogP contribution in [0.3, 0.4) is 0 Å². The van der Waals surface area contributed by atoms with Crippen molar-refractivity contribution in [1.82, 2.24) is 14.8 Å². The van der Waals surface area contributed by atoms with Crippen molar-refractivity contribution in [2.45, 2.75) is 0 Å². The quantitative estimate of drug-likeness (QED) is 0.441. The Kier molecular flexibility index (Phi) is 9.63. The van der Waals surface area contributed by atoms with E-state index >= 15 is 0 Å². The van der Waals surface area contributed by atoms with Crippen LogP contribution >= 0.6 is 18.4 Å². The first-order valence-electron chi connectivity index (χ1n) is 6.23. The second-order valence-electron chi connectivity index (χ2n) is 4.69. The van der Waals surface area contributed by atoms with Crippen LogP contribution in [0, 0.1) is 0 Å². The van der Waals surface area contributed by atoms with Crippen molar-refractivity contribution in [2.24, 2.45) is 0 Å². The number of pyridine rings is 1. The molecule has 0 saturated heterocycles. The Hall–Kier alpha value is -0.109. The van der Waals surface area contributed by atoms with E-state index in [1.54, 1.807) is 40.0 Å². The van der Waals surface area contributed by atoms with E-state index in [2.05, 4.69) is 82.9 Å². The van der Waals surface area contributed by atoms with Crippen molar-refractivity contribution in [1.29, 1.82) is 0 Å². The van der Waals surface area contributed by atoms with Gasteiger partial charge in [-0.05, 0) is 12.1 Å². The fourth-order valence-electron chi connectivity index (χ4n) is 2.09. The molecule has 1 aromatic rings. The van der Waals surface area contributed by atoms with E-state index in [0.29, 0.717) is 0 Å². The van der Waals surface area contributed by atoms with Gasteiger partial charge < -0.3 is 19.6 Å². The Balaban J connectivity index is 0.000000561. The molecule has 0 atom stereocenters. The Labute approximate surface area is 164 Å². The van der Waals surface area contributed by atoms with Crippen molar-refractivity contribution in [2.75, 3.05) is 37.2 Å². The van der Waals surface area contributed by atoms with Crippen molar-refractivity contribution in [3.8, 4) is 0 Å². The summed E-state index contributed by atoms with van der Waals surface area (Å²) in [6.45, 7) is 1.71. The van der Waals surface area contributed by atoms with E-state index < -0.39 is 0 Å². The number of aromatic nitrogens is 1. The van der Waals surface area contributed by atoms with Crippen LogP contribution in [0.1, 0.15) is 0 Å². The van der Waals surface area contributed by atoms with Crippen LogP contribution in [0.25, 0.3) is 0 Å². The summed E-state index contributed by atoms with van der Waals surface area (Å²) in [5.41, 5.74) is 0. The van der Waals surface area contributed by atoms with Crippen LogP contribution < -0.4 is 9.80 Å². The van der Waals surface area contributed by atoms with Gasteiger partial charge in [-0.25, -0.2) is 4.98 Å². The third-order valence-corrected chi connectivity index (χ3v) is 3.06. The molecule has 2 aliphatic heterocycles. The Morgan fingerprint density at radius 1 is 0.818 bits per heavy atom. The van der Waals surface area contributed by atoms with E-state index in [-0.39, 0.29) is 0 Å². The summed E-state index contributed by atoms with van der Waals surface area (Å²) in [4.78, 5) is 13.2. The second-order valence-corrected chi connectivity index (χ2v) is 4.69. The molecule has 0 unspecified atom stereocenters. The Bertz CT molecular complexity index is 474. The maximum atomic E-state index is 4.70. The molecule has 0 bridgehead atoms. The Morgan fingerprint density at radius 3 is 1.55 bits per heavy atom. The molecule has 3 rings (SSSR count). The van der Waals surface area contributed by atoms with Gasteiger partial charge in [-0.2, -0.15) is 0 Å². The first-order chi connectivity index (χ1) is 10.7. The third kappa shape index (κ3) is 5.51. The van der Waals surface area contributed by atoms with E-state index in [9.17, 15) is 0 Å². The molecular formula is C13H17Au2Cl2N5. The first kappa shape index (κ1) is 19.9. The predicted molar refractivity (Wildman–Crippen MR) is 84.4 cm³/mol. The number of hydrogen-bond donors (Lipinski definition) is 0. The molecule has 0 spiro atoms. The molecule has 130 valence electrons. The van der Waals surface area contributed by atoms with E-state index in [4.69, 9.17) is 4.98 Å². The van der Waals surface area contributed by atoms with Crippen molar-refractivity contribution < 1.29 is 40.0 Å². The van der Waals surface area contributed by atoms with E-state index in [1.807, 2.05) is 12.1 Å². The van der Waals surface area contributed by atoms with Gasteiger partial charge in [-0.15, -0.1) is 0 Å². The zero-order valence-corrected chi connectivity index (χ0v) is 17.9. The summed E-state index contributed by atoms with van der Waals surface area (Å²) in [7, 11) is 13.3. The number of anilines is 2. The van der Waals surface area contributed by atoms with Gasteiger partial charge in [0.05, 0.1) is 13.3 Å². The van der Waals surface area contributed by atoms with Crippen LogP contribution in [-0.4, -0.2) is 42.2 Å². The number of rotatable bonds is 2. The summed E-state index contributed by atoms with van der Waals surface area (Å²) in [5.74, 6) is 1.96. The van der Waals surface area contributed by atoms with Crippen LogP contribution in [0.5, 0.6) is 0 Å². The van der Waals surface area contributed by atoms with Gasteiger partial charge in [0.1, 0.15) is 11.6 Å². The zero-order chi connectivity index (χ0) is 16.5. The molecule has 2 aliphatic rings. The molecule has 22 heavy (non-hydrogen) atoms. The maximum absolute atomic E-state index is 4.70. The zero-order valence-electron chi connectivity index (χ0n) is 12.1. The van der Waals surface area contributed by atoms with Gasteiger partial charge in [0.25, 0.3) is 0 Å². The summed E-state index contributed by atoms with van der Waals surface area (Å²) in [6.07, 6.45) is 8.21. The topological polar surface area (TPSA) is 25.9 Å². The van der Waals surface area contributed by atoms with E-state index in [1.165, 1.54) is 0 Å². The van der Waals surface area contributed by atoms with Gasteiger partial charge >= 0.3 is 58.4 Å². The second kappa shape index (κ2) is 10.6. The molecule has 0 radical (unpaired) electrons. The molecule has 0 fully saturated rings. The number of nitrogens with zero attached hydrogens (tertiary/aromatic N) is 5. The number of hydrogen-bond acceptors (Lipinski definition) is 5. The molecule has 3 heterocycles. The standard InChI is InChI=1S/C13H17N5.2Au.2ClH/c1-15-6-8-17(10-15)12-4-3-5-13(14-12)18-9-7-16(2)11-18;;;;/h3-9H,10-11H2,1-2H3;;;2*1H/q;2*+1;;/p-2. The Morgan fingerprint density at radius 2 is 1.23 bits per heavy atom. The van der Waals surface area contributed by atoms with Crippen molar-refractivity contribution in [3.63, 3.8) is 0 Å². The molecule has 0 aromatic carbocycles. The molecule has 9 heteroatoms. The molecule has 5 nitrogen and oxygen atoms in total. The molecule has 0 amide bonds. The minimum absolute atomic E-state index is 0.853. The minimum atomic E-state index is 0.853. The molecule has 0 saturated carbocycles. The van der Waals surface area contributed by atoms with Crippen LogP contribution in [-0.2, 0) is 40.0 Å². The fourth-order valence-corrected chi connectivity index (χ4v) is 2.09. The van der Waals surface area contributed by atoms with Gasteiger partial charge in [0, 0.05) is 38.9 Å². The van der Waals surface area contributed by atoms with Crippen molar-refractivity contribution in [3.05, 3.63) is 43.0 Å². The molecular weight excluding hydrogens is 691 g/mol. The van der Waals surface area contributed by atoms with Crippen LogP contribution in [0.4, 0.5) is 11.6 Å². The monoisotopic (exact) mass is 707 g/mol. The van der Waals surface area contributed by atoms with Crippen LogP contribution in [0.15, 0.2) is 43.0 Å². The van der Waals surface area contributed by atoms with Gasteiger partial charge in [0.15, 0.2) is 0 Å². The average Bonchev–Trinajstić information content (AvgIpc) is 3.20.